The van der Waals surface area contributed by atoms with Gasteiger partial charge in [0.1, 0.15) is 16.5 Å². The maximum absolute atomic E-state index is 14.6. The standard InChI is InChI=1S/C20H19ClF2N4O2S2/c21-16-7-19(31(28,29)26-20-11-30-12-25-20)17(23)8-18(16)24-9-13-2-3-15(22)6-14(13)10-27-4-1-5-27/h2-3,6-8,11-12,24,26H,1,4-5,9-10H2. The minimum Gasteiger partial charge on any atom is -0.380 e. The summed E-state index contributed by atoms with van der Waals surface area (Å²) in [7, 11) is -4.18. The van der Waals surface area contributed by atoms with Gasteiger partial charge < -0.3 is 5.32 Å². The summed E-state index contributed by atoms with van der Waals surface area (Å²) in [6.07, 6.45) is 1.13. The summed E-state index contributed by atoms with van der Waals surface area (Å²) in [6, 6.07) is 6.64. The van der Waals surface area contributed by atoms with E-state index in [4.69, 9.17) is 11.6 Å². The van der Waals surface area contributed by atoms with Gasteiger partial charge in [-0.3, -0.25) is 9.62 Å². The van der Waals surface area contributed by atoms with Gasteiger partial charge in [0, 0.05) is 18.5 Å². The molecule has 0 bridgehead atoms. The Morgan fingerprint density at radius 3 is 2.65 bits per heavy atom. The van der Waals surface area contributed by atoms with Gasteiger partial charge in [-0.15, -0.1) is 11.3 Å². The fraction of sp³-hybridized carbons (Fsp3) is 0.250. The molecule has 4 rings (SSSR count). The second-order valence-electron chi connectivity index (χ2n) is 7.14. The number of hydrogen-bond acceptors (Lipinski definition) is 6. The van der Waals surface area contributed by atoms with Gasteiger partial charge in [-0.1, -0.05) is 17.7 Å². The highest BCUT2D eigenvalue weighted by Crippen LogP contribution is 2.30. The molecular formula is C20H19ClF2N4O2S2. The molecule has 31 heavy (non-hydrogen) atoms. The summed E-state index contributed by atoms with van der Waals surface area (Å²) in [5.41, 5.74) is 3.40. The van der Waals surface area contributed by atoms with Gasteiger partial charge >= 0.3 is 0 Å². The summed E-state index contributed by atoms with van der Waals surface area (Å²) < 4.78 is 55.5. The predicted octanol–water partition coefficient (Wildman–Crippen LogP) is 4.69. The third kappa shape index (κ3) is 5.15. The van der Waals surface area contributed by atoms with E-state index in [2.05, 4.69) is 19.9 Å². The molecule has 1 aliphatic rings. The number of halogens is 3. The van der Waals surface area contributed by atoms with E-state index in [1.165, 1.54) is 34.4 Å². The van der Waals surface area contributed by atoms with Gasteiger partial charge in [-0.25, -0.2) is 22.2 Å². The van der Waals surface area contributed by atoms with Gasteiger partial charge in [0.2, 0.25) is 0 Å². The normalized spacial score (nSPS) is 14.3. The van der Waals surface area contributed by atoms with E-state index < -0.39 is 20.7 Å². The molecular weight excluding hydrogens is 466 g/mol. The monoisotopic (exact) mass is 484 g/mol. The molecule has 164 valence electrons. The van der Waals surface area contributed by atoms with Crippen LogP contribution in [0.5, 0.6) is 0 Å². The highest BCUT2D eigenvalue weighted by Gasteiger charge is 2.22. The summed E-state index contributed by atoms with van der Waals surface area (Å²) in [5.74, 6) is -1.16. The molecule has 0 radical (unpaired) electrons. The van der Waals surface area contributed by atoms with Crippen molar-refractivity contribution in [2.45, 2.75) is 24.4 Å². The molecule has 3 aromatic rings. The van der Waals surface area contributed by atoms with Crippen molar-refractivity contribution < 1.29 is 17.2 Å². The van der Waals surface area contributed by atoms with E-state index >= 15 is 0 Å². The zero-order valence-electron chi connectivity index (χ0n) is 16.2. The second kappa shape index (κ2) is 9.07. The summed E-state index contributed by atoms with van der Waals surface area (Å²) in [4.78, 5) is 5.47. The maximum Gasteiger partial charge on any atom is 0.266 e. The van der Waals surface area contributed by atoms with Crippen LogP contribution >= 0.6 is 22.9 Å². The number of anilines is 2. The van der Waals surface area contributed by atoms with Crippen LogP contribution in [0, 0.1) is 11.6 Å². The minimum atomic E-state index is -4.18. The topological polar surface area (TPSA) is 74.3 Å². The molecule has 0 unspecified atom stereocenters. The first-order valence-corrected chi connectivity index (χ1v) is 12.3. The summed E-state index contributed by atoms with van der Waals surface area (Å²) >= 11 is 7.44. The van der Waals surface area contributed by atoms with Crippen LogP contribution in [0.4, 0.5) is 20.3 Å². The molecule has 1 aliphatic heterocycles. The van der Waals surface area contributed by atoms with Crippen molar-refractivity contribution in [3.8, 4) is 0 Å². The summed E-state index contributed by atoms with van der Waals surface area (Å²) in [6.45, 7) is 2.87. The fourth-order valence-corrected chi connectivity index (χ4v) is 5.15. The lowest BCUT2D eigenvalue weighted by Crippen LogP contribution is -2.36. The first kappa shape index (κ1) is 21.9. The first-order valence-electron chi connectivity index (χ1n) is 9.45. The van der Waals surface area contributed by atoms with Crippen LogP contribution in [-0.4, -0.2) is 31.4 Å². The lowest BCUT2D eigenvalue weighted by Gasteiger charge is -2.31. The fourth-order valence-electron chi connectivity index (χ4n) is 3.21. The Morgan fingerprint density at radius 2 is 1.97 bits per heavy atom. The molecule has 0 spiro atoms. The molecule has 1 aromatic heterocycles. The molecule has 0 amide bonds. The average molecular weight is 485 g/mol. The largest absolute Gasteiger partial charge is 0.380 e. The van der Waals surface area contributed by atoms with Crippen LogP contribution in [0.3, 0.4) is 0 Å². The average Bonchev–Trinajstić information content (AvgIpc) is 3.18. The van der Waals surface area contributed by atoms with Gasteiger partial charge in [0.15, 0.2) is 5.82 Å². The third-order valence-corrected chi connectivity index (χ3v) is 7.23. The van der Waals surface area contributed by atoms with Crippen LogP contribution in [0.25, 0.3) is 0 Å². The molecule has 2 N–H and O–H groups in total. The van der Waals surface area contributed by atoms with Crippen molar-refractivity contribution in [3.63, 3.8) is 0 Å². The van der Waals surface area contributed by atoms with Crippen molar-refractivity contribution in [3.05, 3.63) is 69.0 Å². The Labute approximate surface area is 187 Å². The molecule has 0 atom stereocenters. The number of benzene rings is 2. The Kier molecular flexibility index (Phi) is 6.42. The van der Waals surface area contributed by atoms with Crippen molar-refractivity contribution in [2.24, 2.45) is 0 Å². The Hall–Kier alpha value is -2.27. The van der Waals surface area contributed by atoms with Crippen molar-refractivity contribution in [1.29, 1.82) is 0 Å². The highest BCUT2D eigenvalue weighted by molar-refractivity contribution is 7.92. The van der Waals surface area contributed by atoms with Crippen LogP contribution in [0.1, 0.15) is 17.5 Å². The molecule has 0 aliphatic carbocycles. The van der Waals surface area contributed by atoms with E-state index in [9.17, 15) is 17.2 Å². The van der Waals surface area contributed by atoms with E-state index in [0.29, 0.717) is 6.54 Å². The number of likely N-dealkylation sites (tertiary alicyclic amines) is 1. The molecule has 0 saturated carbocycles. The van der Waals surface area contributed by atoms with Gasteiger partial charge in [0.05, 0.1) is 16.2 Å². The Morgan fingerprint density at radius 1 is 1.16 bits per heavy atom. The van der Waals surface area contributed by atoms with E-state index in [1.807, 2.05) is 0 Å². The zero-order valence-corrected chi connectivity index (χ0v) is 18.6. The van der Waals surface area contributed by atoms with Gasteiger partial charge in [0.25, 0.3) is 10.0 Å². The lowest BCUT2D eigenvalue weighted by atomic mass is 10.0. The van der Waals surface area contributed by atoms with Crippen LogP contribution in [-0.2, 0) is 23.1 Å². The maximum atomic E-state index is 14.6. The van der Waals surface area contributed by atoms with Gasteiger partial charge in [-0.05, 0) is 54.9 Å². The van der Waals surface area contributed by atoms with Crippen LogP contribution in [0.2, 0.25) is 5.02 Å². The van der Waals surface area contributed by atoms with Crippen molar-refractivity contribution >= 4 is 44.5 Å². The third-order valence-electron chi connectivity index (χ3n) is 4.96. The number of nitrogens with zero attached hydrogens (tertiary/aromatic N) is 2. The predicted molar refractivity (Wildman–Crippen MR) is 118 cm³/mol. The quantitative estimate of drug-likeness (QED) is 0.485. The zero-order chi connectivity index (χ0) is 22.0. The SMILES string of the molecule is O=S(=O)(Nc1cscn1)c1cc(Cl)c(NCc2ccc(F)cc2CN2CCC2)cc1F. The highest BCUT2D eigenvalue weighted by atomic mass is 35.5. The van der Waals surface area contributed by atoms with E-state index in [1.54, 1.807) is 6.07 Å². The van der Waals surface area contributed by atoms with Crippen LogP contribution in [0.15, 0.2) is 46.1 Å². The Bertz CT molecular complexity index is 1190. The molecule has 1 fully saturated rings. The van der Waals surface area contributed by atoms with E-state index in [0.717, 1.165) is 42.8 Å². The van der Waals surface area contributed by atoms with Crippen molar-refractivity contribution in [2.75, 3.05) is 23.1 Å². The van der Waals surface area contributed by atoms with E-state index in [-0.39, 0.29) is 28.9 Å². The molecule has 2 heterocycles. The minimum absolute atomic E-state index is 0.0476. The molecule has 2 aromatic carbocycles. The molecule has 11 heteroatoms. The van der Waals surface area contributed by atoms with Gasteiger partial charge in [-0.2, -0.15) is 0 Å². The lowest BCUT2D eigenvalue weighted by molar-refractivity contribution is 0.172. The number of aromatic nitrogens is 1. The molecule has 6 nitrogen and oxygen atoms in total. The smallest absolute Gasteiger partial charge is 0.266 e. The number of thiazole rings is 1. The number of nitrogens with one attached hydrogen (secondary N) is 2. The summed E-state index contributed by atoms with van der Waals surface area (Å²) in [5, 5.41) is 4.57. The first-order chi connectivity index (χ1) is 14.8. The Balaban J connectivity index is 1.52. The number of hydrogen-bond donors (Lipinski definition) is 2. The van der Waals surface area contributed by atoms with Crippen molar-refractivity contribution in [1.82, 2.24) is 9.88 Å². The second-order valence-corrected chi connectivity index (χ2v) is 9.91. The van der Waals surface area contributed by atoms with Crippen LogP contribution < -0.4 is 10.0 Å². The molecule has 1 saturated heterocycles. The number of rotatable bonds is 8. The number of sulfonamides is 1.